The van der Waals surface area contributed by atoms with Crippen LogP contribution < -0.4 is 9.65 Å². The average molecular weight is 440 g/mol. The molecule has 0 spiro atoms. The normalized spacial score (nSPS) is 10.7. The molecule has 0 fully saturated rings. The van der Waals surface area contributed by atoms with Crippen molar-refractivity contribution in [2.45, 2.75) is 6.42 Å². The van der Waals surface area contributed by atoms with Crippen LogP contribution in [0.15, 0.2) is 11.2 Å². The Labute approximate surface area is 169 Å². The van der Waals surface area contributed by atoms with Crippen LogP contribution in [0.4, 0.5) is 17.6 Å². The summed E-state index contributed by atoms with van der Waals surface area (Å²) in [5.41, 5.74) is 6.44. The number of carbonyl (C=O) groups is 1. The van der Waals surface area contributed by atoms with Gasteiger partial charge in [-0.05, 0) is 0 Å². The number of rotatable bonds is 16. The number of benzene rings is 1. The van der Waals surface area contributed by atoms with Crippen molar-refractivity contribution in [3.05, 3.63) is 29.3 Å². The van der Waals surface area contributed by atoms with E-state index < -0.39 is 35.0 Å². The van der Waals surface area contributed by atoms with E-state index in [1.165, 1.54) is 0 Å². The van der Waals surface area contributed by atoms with Gasteiger partial charge in [-0.1, -0.05) is 0 Å². The lowest BCUT2D eigenvalue weighted by Crippen LogP contribution is -2.16. The van der Waals surface area contributed by atoms with E-state index in [4.69, 9.17) is 24.5 Å². The maximum absolute atomic E-state index is 13.4. The van der Waals surface area contributed by atoms with Gasteiger partial charge in [-0.15, -0.1) is 0 Å². The topological polar surface area (TPSA) is 114 Å². The minimum Gasteiger partial charge on any atom is -0.420 e. The first kappa shape index (κ1) is 25.6. The second-order valence-corrected chi connectivity index (χ2v) is 5.44. The predicted octanol–water partition coefficient (Wildman–Crippen LogP) is 2.16. The summed E-state index contributed by atoms with van der Waals surface area (Å²) in [5.74, 6) is -9.47. The number of halogens is 4. The Hall–Kier alpha value is -2.44. The first-order chi connectivity index (χ1) is 14.5. The van der Waals surface area contributed by atoms with Gasteiger partial charge in [0.15, 0.2) is 11.6 Å². The second kappa shape index (κ2) is 15.4. The van der Waals surface area contributed by atoms with Gasteiger partial charge in [0, 0.05) is 6.07 Å². The van der Waals surface area contributed by atoms with Gasteiger partial charge in [0.25, 0.3) is 0 Å². The molecule has 0 heterocycles. The fourth-order valence-corrected chi connectivity index (χ4v) is 1.88. The molecule has 0 aliphatic carbocycles. The number of nitrogens with zero attached hydrogens (tertiary/aromatic N) is 2. The first-order valence-corrected chi connectivity index (χ1v) is 8.85. The van der Waals surface area contributed by atoms with E-state index in [1.807, 2.05) is 0 Å². The maximum atomic E-state index is 13.4. The van der Waals surface area contributed by atoms with E-state index in [2.05, 4.69) is 14.8 Å². The number of esters is 1. The van der Waals surface area contributed by atoms with E-state index in [0.717, 1.165) is 0 Å². The van der Waals surface area contributed by atoms with Crippen LogP contribution in [0.25, 0.3) is 0 Å². The molecule has 0 radical (unpaired) electrons. The van der Waals surface area contributed by atoms with Gasteiger partial charge in [-0.2, -0.15) is 8.78 Å². The molecule has 9 nitrogen and oxygen atoms in total. The Balaban J connectivity index is 2.01. The summed E-state index contributed by atoms with van der Waals surface area (Å²) in [6, 6.07) is 0.0142. The lowest BCUT2D eigenvalue weighted by atomic mass is 10.3. The minimum absolute atomic E-state index is 0.0142. The minimum atomic E-state index is -1.79. The zero-order valence-corrected chi connectivity index (χ0v) is 16.0. The summed E-state index contributed by atoms with van der Waals surface area (Å²) in [6.07, 6.45) is -0.386. The van der Waals surface area contributed by atoms with Gasteiger partial charge in [-0.25, -0.2) is 8.78 Å². The van der Waals surface area contributed by atoms with Crippen LogP contribution in [0.1, 0.15) is 6.42 Å². The zero-order valence-electron chi connectivity index (χ0n) is 16.0. The fraction of sp³-hybridized carbons (Fsp3) is 0.588. The second-order valence-electron chi connectivity index (χ2n) is 5.44. The molecule has 30 heavy (non-hydrogen) atoms. The van der Waals surface area contributed by atoms with Crippen molar-refractivity contribution < 1.29 is 46.0 Å². The van der Waals surface area contributed by atoms with Gasteiger partial charge in [0.1, 0.15) is 17.2 Å². The molecule has 1 N–H and O–H groups in total. The van der Waals surface area contributed by atoms with E-state index in [-0.39, 0.29) is 32.3 Å². The van der Waals surface area contributed by atoms with Crippen molar-refractivity contribution in [3.63, 3.8) is 0 Å². The number of ether oxygens (including phenoxy) is 5. The highest BCUT2D eigenvalue weighted by atomic mass is 19.2. The van der Waals surface area contributed by atoms with Crippen molar-refractivity contribution in [1.29, 1.82) is 5.53 Å². The van der Waals surface area contributed by atoms with Crippen LogP contribution in [-0.2, 0) is 23.7 Å². The highest BCUT2D eigenvalue weighted by Crippen LogP contribution is 2.26. The molecule has 0 unspecified atom stereocenters. The van der Waals surface area contributed by atoms with Crippen LogP contribution in [0.2, 0.25) is 0 Å². The third-order valence-electron chi connectivity index (χ3n) is 3.26. The SMILES string of the molecule is N=[N+]=NCCOCCOCCOCCOCCC(=O)Oc1c(F)c(F)cc(F)c1F. The van der Waals surface area contributed by atoms with Crippen LogP contribution in [0.3, 0.4) is 0 Å². The molecule has 13 heteroatoms. The Kier molecular flexibility index (Phi) is 13.1. The van der Waals surface area contributed by atoms with E-state index in [1.54, 1.807) is 0 Å². The zero-order chi connectivity index (χ0) is 22.2. The Morgan fingerprint density at radius 1 is 0.833 bits per heavy atom. The van der Waals surface area contributed by atoms with Crippen LogP contribution in [0, 0.1) is 28.8 Å². The Morgan fingerprint density at radius 3 is 1.80 bits per heavy atom. The highest BCUT2D eigenvalue weighted by molar-refractivity contribution is 5.72. The lowest BCUT2D eigenvalue weighted by molar-refractivity contribution is -0.136. The summed E-state index contributed by atoms with van der Waals surface area (Å²) in [5, 5.41) is 3.41. The van der Waals surface area contributed by atoms with Gasteiger partial charge < -0.3 is 23.7 Å². The molecular formula is C17H22F4N3O6+. The van der Waals surface area contributed by atoms with Gasteiger partial charge in [0.05, 0.1) is 59.3 Å². The van der Waals surface area contributed by atoms with Crippen molar-refractivity contribution in [1.82, 2.24) is 4.91 Å². The predicted molar refractivity (Wildman–Crippen MR) is 92.0 cm³/mol. The average Bonchev–Trinajstić information content (AvgIpc) is 2.72. The molecule has 0 aliphatic rings. The quantitative estimate of drug-likeness (QED) is 0.0802. The van der Waals surface area contributed by atoms with Gasteiger partial charge in [0.2, 0.25) is 22.3 Å². The third kappa shape index (κ3) is 10.4. The molecule has 0 amide bonds. The number of hydrogen-bond donors (Lipinski definition) is 1. The molecule has 1 aromatic carbocycles. The third-order valence-corrected chi connectivity index (χ3v) is 3.26. The highest BCUT2D eigenvalue weighted by Gasteiger charge is 2.22. The summed E-state index contributed by atoms with van der Waals surface area (Å²) >= 11 is 0. The molecule has 0 bridgehead atoms. The van der Waals surface area contributed by atoms with Crippen molar-refractivity contribution in [3.8, 4) is 5.75 Å². The number of nitrogens with one attached hydrogen (secondary N) is 1. The molecule has 168 valence electrons. The molecule has 1 aromatic rings. The summed E-state index contributed by atoms with van der Waals surface area (Å²) in [4.78, 5) is 14.3. The molecule has 0 saturated carbocycles. The smallest absolute Gasteiger partial charge is 0.313 e. The molecular weight excluding hydrogens is 418 g/mol. The molecule has 1 rings (SSSR count). The molecule has 0 atom stereocenters. The number of hydrogen-bond acceptors (Lipinski definition) is 8. The first-order valence-electron chi connectivity index (χ1n) is 8.85. The Morgan fingerprint density at radius 2 is 1.30 bits per heavy atom. The van der Waals surface area contributed by atoms with E-state index >= 15 is 0 Å². The van der Waals surface area contributed by atoms with Gasteiger partial charge in [-0.3, -0.25) is 4.79 Å². The van der Waals surface area contributed by atoms with Crippen molar-refractivity contribution >= 4 is 5.97 Å². The van der Waals surface area contributed by atoms with Crippen molar-refractivity contribution in [2.24, 2.45) is 5.11 Å². The molecule has 0 aromatic heterocycles. The van der Waals surface area contributed by atoms with Gasteiger partial charge >= 0.3 is 5.97 Å². The lowest BCUT2D eigenvalue weighted by Gasteiger charge is -2.09. The van der Waals surface area contributed by atoms with E-state index in [0.29, 0.717) is 39.6 Å². The molecule has 0 saturated heterocycles. The molecule has 0 aliphatic heterocycles. The largest absolute Gasteiger partial charge is 0.420 e. The standard InChI is InChI=1S/C17H22F4N3O6/c18-12-11-13(19)16(21)17(15(12)20)30-14(25)1-3-26-5-7-28-9-10-29-8-6-27-4-2-23-24-22/h11,22H,1-10H2/q+1. The Bertz CT molecular complexity index is 693. The van der Waals surface area contributed by atoms with Crippen LogP contribution in [-0.4, -0.2) is 65.4 Å². The van der Waals surface area contributed by atoms with E-state index in [9.17, 15) is 22.4 Å². The van der Waals surface area contributed by atoms with Crippen LogP contribution in [0.5, 0.6) is 5.75 Å². The van der Waals surface area contributed by atoms with Crippen molar-refractivity contribution in [2.75, 3.05) is 59.4 Å². The monoisotopic (exact) mass is 440 g/mol. The summed E-state index contributed by atoms with van der Waals surface area (Å²) in [7, 11) is 0. The number of carbonyl (C=O) groups excluding carboxylic acids is 1. The summed E-state index contributed by atoms with van der Waals surface area (Å²) in [6.45, 7) is 2.28. The maximum Gasteiger partial charge on any atom is 0.313 e. The van der Waals surface area contributed by atoms with Crippen LogP contribution >= 0.6 is 0 Å². The summed E-state index contributed by atoms with van der Waals surface area (Å²) < 4.78 is 77.9. The fourth-order valence-electron chi connectivity index (χ4n) is 1.88.